The average Bonchev–Trinajstić information content (AvgIpc) is 2.85. The van der Waals surface area contributed by atoms with Crippen LogP contribution in [0.5, 0.6) is 0 Å². The van der Waals surface area contributed by atoms with E-state index in [1.807, 2.05) is 13.0 Å². The molecule has 0 radical (unpaired) electrons. The van der Waals surface area contributed by atoms with Crippen LogP contribution in [0.2, 0.25) is 0 Å². The highest BCUT2D eigenvalue weighted by Gasteiger charge is 2.12. The van der Waals surface area contributed by atoms with E-state index in [-0.39, 0.29) is 11.7 Å². The van der Waals surface area contributed by atoms with Crippen LogP contribution in [0.25, 0.3) is 0 Å². The number of hydrogen-bond donors (Lipinski definition) is 1. The van der Waals surface area contributed by atoms with Crippen LogP contribution >= 0.6 is 15.9 Å². The van der Waals surface area contributed by atoms with Gasteiger partial charge in [0.1, 0.15) is 0 Å². The molecule has 2 rings (SSSR count). The van der Waals surface area contributed by atoms with Gasteiger partial charge in [0.25, 0.3) is 5.69 Å². The van der Waals surface area contributed by atoms with Crippen LogP contribution in [-0.2, 0) is 0 Å². The number of nitro benzene ring substituents is 1. The first-order chi connectivity index (χ1) is 8.58. The Bertz CT molecular complexity index is 554. The summed E-state index contributed by atoms with van der Waals surface area (Å²) in [5, 5.41) is 13.9. The Kier molecular flexibility index (Phi) is 3.66. The summed E-state index contributed by atoms with van der Waals surface area (Å²) in [6, 6.07) is 6.55. The van der Waals surface area contributed by atoms with Gasteiger partial charge >= 0.3 is 0 Å². The van der Waals surface area contributed by atoms with Gasteiger partial charge in [-0.25, -0.2) is 0 Å². The number of furan rings is 1. The van der Waals surface area contributed by atoms with E-state index >= 15 is 0 Å². The SMILES string of the molecule is CC(Nc1ccc([N+](=O)[O-])cc1Br)c1ccoc1. The van der Waals surface area contributed by atoms with E-state index in [9.17, 15) is 10.1 Å². The largest absolute Gasteiger partial charge is 0.472 e. The molecule has 0 saturated carbocycles. The van der Waals surface area contributed by atoms with Crippen molar-refractivity contribution in [3.8, 4) is 0 Å². The summed E-state index contributed by atoms with van der Waals surface area (Å²) >= 11 is 3.32. The predicted molar refractivity (Wildman–Crippen MR) is 71.5 cm³/mol. The van der Waals surface area contributed by atoms with Crippen molar-refractivity contribution in [2.24, 2.45) is 0 Å². The van der Waals surface area contributed by atoms with E-state index in [2.05, 4.69) is 21.2 Å². The summed E-state index contributed by atoms with van der Waals surface area (Å²) < 4.78 is 5.67. The highest BCUT2D eigenvalue weighted by atomic mass is 79.9. The maximum atomic E-state index is 10.6. The zero-order valence-electron chi connectivity index (χ0n) is 9.59. The molecule has 18 heavy (non-hydrogen) atoms. The minimum absolute atomic E-state index is 0.0570. The summed E-state index contributed by atoms with van der Waals surface area (Å²) in [5.41, 5.74) is 1.87. The van der Waals surface area contributed by atoms with Crippen LogP contribution in [-0.4, -0.2) is 4.92 Å². The smallest absolute Gasteiger partial charge is 0.270 e. The first kappa shape index (κ1) is 12.6. The van der Waals surface area contributed by atoms with Crippen LogP contribution in [0.4, 0.5) is 11.4 Å². The Hall–Kier alpha value is -1.82. The topological polar surface area (TPSA) is 68.3 Å². The van der Waals surface area contributed by atoms with E-state index in [1.54, 1.807) is 18.6 Å². The molecule has 0 bridgehead atoms. The molecule has 5 nitrogen and oxygen atoms in total. The van der Waals surface area contributed by atoms with E-state index in [4.69, 9.17) is 4.42 Å². The van der Waals surface area contributed by atoms with Gasteiger partial charge in [0.05, 0.1) is 23.5 Å². The van der Waals surface area contributed by atoms with Crippen LogP contribution in [0.1, 0.15) is 18.5 Å². The third-order valence-electron chi connectivity index (χ3n) is 2.58. The fourth-order valence-corrected chi connectivity index (χ4v) is 2.05. The second-order valence-corrected chi connectivity index (χ2v) is 4.70. The van der Waals surface area contributed by atoms with Gasteiger partial charge in [0.15, 0.2) is 0 Å². The monoisotopic (exact) mass is 310 g/mol. The van der Waals surface area contributed by atoms with Gasteiger partial charge in [-0.05, 0) is 35.0 Å². The standard InChI is InChI=1S/C12H11BrN2O3/c1-8(9-4-5-18-7-9)14-12-3-2-10(15(16)17)6-11(12)13/h2-8,14H,1H3. The highest BCUT2D eigenvalue weighted by molar-refractivity contribution is 9.10. The van der Waals surface area contributed by atoms with E-state index in [0.29, 0.717) is 4.47 Å². The number of non-ortho nitro benzene ring substituents is 1. The van der Waals surface area contributed by atoms with Crippen molar-refractivity contribution >= 4 is 27.3 Å². The number of halogens is 1. The Morgan fingerprint density at radius 2 is 2.22 bits per heavy atom. The Labute approximate surface area is 112 Å². The molecule has 0 aliphatic rings. The molecule has 1 aromatic carbocycles. The summed E-state index contributed by atoms with van der Waals surface area (Å²) in [4.78, 5) is 10.2. The van der Waals surface area contributed by atoms with Crippen molar-refractivity contribution in [2.75, 3.05) is 5.32 Å². The lowest BCUT2D eigenvalue weighted by Crippen LogP contribution is -2.06. The van der Waals surface area contributed by atoms with Crippen LogP contribution in [0.15, 0.2) is 45.7 Å². The van der Waals surface area contributed by atoms with Gasteiger partial charge in [0.2, 0.25) is 0 Å². The lowest BCUT2D eigenvalue weighted by atomic mass is 10.1. The molecule has 1 heterocycles. The molecule has 1 unspecified atom stereocenters. The van der Waals surface area contributed by atoms with Gasteiger partial charge in [0, 0.05) is 27.9 Å². The molecule has 1 N–H and O–H groups in total. The minimum Gasteiger partial charge on any atom is -0.472 e. The second-order valence-electron chi connectivity index (χ2n) is 3.84. The lowest BCUT2D eigenvalue weighted by Gasteiger charge is -2.14. The van der Waals surface area contributed by atoms with Crippen molar-refractivity contribution in [1.29, 1.82) is 0 Å². The summed E-state index contributed by atoms with van der Waals surface area (Å²) in [6.45, 7) is 1.98. The predicted octanol–water partition coefficient (Wildman–Crippen LogP) is 4.12. The molecule has 0 spiro atoms. The Balaban J connectivity index is 2.17. The van der Waals surface area contributed by atoms with Gasteiger partial charge in [-0.3, -0.25) is 10.1 Å². The average molecular weight is 311 g/mol. The quantitative estimate of drug-likeness (QED) is 0.681. The van der Waals surface area contributed by atoms with Crippen molar-refractivity contribution in [2.45, 2.75) is 13.0 Å². The summed E-state index contributed by atoms with van der Waals surface area (Å²) in [5.74, 6) is 0. The normalized spacial score (nSPS) is 12.1. The summed E-state index contributed by atoms with van der Waals surface area (Å²) in [6.07, 6.45) is 3.27. The van der Waals surface area contributed by atoms with Crippen molar-refractivity contribution < 1.29 is 9.34 Å². The molecule has 0 amide bonds. The first-order valence-corrected chi connectivity index (χ1v) is 6.10. The van der Waals surface area contributed by atoms with Crippen LogP contribution in [0.3, 0.4) is 0 Å². The van der Waals surface area contributed by atoms with E-state index in [0.717, 1.165) is 11.3 Å². The van der Waals surface area contributed by atoms with Crippen molar-refractivity contribution in [1.82, 2.24) is 0 Å². The van der Waals surface area contributed by atoms with Crippen LogP contribution in [0, 0.1) is 10.1 Å². The Morgan fingerprint density at radius 1 is 1.44 bits per heavy atom. The molecular weight excluding hydrogens is 300 g/mol. The number of nitro groups is 1. The molecule has 0 aliphatic heterocycles. The number of nitrogens with one attached hydrogen (secondary N) is 1. The van der Waals surface area contributed by atoms with Gasteiger partial charge in [-0.2, -0.15) is 0 Å². The zero-order chi connectivity index (χ0) is 13.1. The zero-order valence-corrected chi connectivity index (χ0v) is 11.2. The molecule has 0 saturated heterocycles. The number of benzene rings is 1. The fourth-order valence-electron chi connectivity index (χ4n) is 1.57. The summed E-state index contributed by atoms with van der Waals surface area (Å²) in [7, 11) is 0. The van der Waals surface area contributed by atoms with Gasteiger partial charge in [-0.1, -0.05) is 0 Å². The van der Waals surface area contributed by atoms with Crippen molar-refractivity contribution in [3.05, 3.63) is 56.9 Å². The third-order valence-corrected chi connectivity index (χ3v) is 3.23. The fraction of sp³-hybridized carbons (Fsp3) is 0.167. The molecule has 0 fully saturated rings. The number of nitrogens with zero attached hydrogens (tertiary/aromatic N) is 1. The minimum atomic E-state index is -0.423. The molecule has 94 valence electrons. The third kappa shape index (κ3) is 2.70. The maximum absolute atomic E-state index is 10.6. The molecule has 1 aromatic heterocycles. The molecule has 0 aliphatic carbocycles. The van der Waals surface area contributed by atoms with Crippen molar-refractivity contribution in [3.63, 3.8) is 0 Å². The van der Waals surface area contributed by atoms with Gasteiger partial charge < -0.3 is 9.73 Å². The van der Waals surface area contributed by atoms with Crippen LogP contribution < -0.4 is 5.32 Å². The molecular formula is C12H11BrN2O3. The number of rotatable bonds is 4. The molecule has 1 atom stereocenters. The lowest BCUT2D eigenvalue weighted by molar-refractivity contribution is -0.384. The first-order valence-electron chi connectivity index (χ1n) is 5.30. The maximum Gasteiger partial charge on any atom is 0.270 e. The second kappa shape index (κ2) is 5.22. The van der Waals surface area contributed by atoms with E-state index in [1.165, 1.54) is 12.1 Å². The number of anilines is 1. The highest BCUT2D eigenvalue weighted by Crippen LogP contribution is 2.30. The van der Waals surface area contributed by atoms with E-state index < -0.39 is 4.92 Å². The number of hydrogen-bond acceptors (Lipinski definition) is 4. The Morgan fingerprint density at radius 3 is 2.78 bits per heavy atom. The van der Waals surface area contributed by atoms with Gasteiger partial charge in [-0.15, -0.1) is 0 Å². The molecule has 6 heteroatoms. The molecule has 2 aromatic rings.